The molecule has 39 heavy (non-hydrogen) atoms. The number of hydrogen-bond donors (Lipinski definition) is 2. The SMILES string of the molecule is CCOC(=O)C(=O)Nc1cc(C)c(Oc2ccc(O)c(CN(Cc3ccccc3)C3CCCCC3)c2)c(C)c1. The van der Waals surface area contributed by atoms with E-state index in [4.69, 9.17) is 9.47 Å². The van der Waals surface area contributed by atoms with Gasteiger partial charge in [-0.05, 0) is 80.6 Å². The molecule has 7 heteroatoms. The highest BCUT2D eigenvalue weighted by atomic mass is 16.5. The van der Waals surface area contributed by atoms with Crippen LogP contribution in [0.5, 0.6) is 17.2 Å². The molecule has 3 aromatic rings. The topological polar surface area (TPSA) is 88.1 Å². The molecule has 0 unspecified atom stereocenters. The number of carbonyl (C=O) groups is 2. The number of nitrogens with zero attached hydrogens (tertiary/aromatic N) is 1. The summed E-state index contributed by atoms with van der Waals surface area (Å²) in [6.45, 7) is 7.00. The molecule has 3 aromatic carbocycles. The summed E-state index contributed by atoms with van der Waals surface area (Å²) in [6, 6.07) is 19.8. The molecule has 2 N–H and O–H groups in total. The van der Waals surface area contributed by atoms with Crippen LogP contribution >= 0.6 is 0 Å². The number of phenols is 1. The molecule has 0 saturated heterocycles. The zero-order valence-corrected chi connectivity index (χ0v) is 23.0. The Morgan fingerprint density at radius 1 is 0.949 bits per heavy atom. The summed E-state index contributed by atoms with van der Waals surface area (Å²) in [4.78, 5) is 26.2. The van der Waals surface area contributed by atoms with Crippen LogP contribution in [0.2, 0.25) is 0 Å². The second-order valence-corrected chi connectivity index (χ2v) is 10.2. The highest BCUT2D eigenvalue weighted by Crippen LogP contribution is 2.35. The van der Waals surface area contributed by atoms with Gasteiger partial charge in [0.1, 0.15) is 17.2 Å². The fourth-order valence-corrected chi connectivity index (χ4v) is 5.23. The number of rotatable bonds is 9. The van der Waals surface area contributed by atoms with E-state index in [0.29, 0.717) is 29.8 Å². The molecule has 1 amide bonds. The van der Waals surface area contributed by atoms with E-state index in [1.165, 1.54) is 37.7 Å². The van der Waals surface area contributed by atoms with Gasteiger partial charge in [-0.3, -0.25) is 9.69 Å². The van der Waals surface area contributed by atoms with Gasteiger partial charge < -0.3 is 19.9 Å². The maximum Gasteiger partial charge on any atom is 0.397 e. The van der Waals surface area contributed by atoms with Crippen LogP contribution < -0.4 is 10.1 Å². The van der Waals surface area contributed by atoms with E-state index in [9.17, 15) is 14.7 Å². The molecular formula is C32H38N2O5. The van der Waals surface area contributed by atoms with Gasteiger partial charge in [0.05, 0.1) is 6.61 Å². The number of anilines is 1. The molecule has 0 aromatic heterocycles. The quantitative estimate of drug-likeness (QED) is 0.238. The van der Waals surface area contributed by atoms with Crippen molar-refractivity contribution in [2.24, 2.45) is 0 Å². The van der Waals surface area contributed by atoms with Crippen LogP contribution in [0.4, 0.5) is 5.69 Å². The fraction of sp³-hybridized carbons (Fsp3) is 0.375. The minimum Gasteiger partial charge on any atom is -0.508 e. The Morgan fingerprint density at radius 2 is 1.64 bits per heavy atom. The zero-order valence-electron chi connectivity index (χ0n) is 23.0. The van der Waals surface area contributed by atoms with Crippen molar-refractivity contribution in [1.29, 1.82) is 0 Å². The minimum atomic E-state index is -0.917. The average Bonchev–Trinajstić information content (AvgIpc) is 2.93. The Hall–Kier alpha value is -3.84. The highest BCUT2D eigenvalue weighted by molar-refractivity contribution is 6.37. The van der Waals surface area contributed by atoms with Crippen LogP contribution in [0.25, 0.3) is 0 Å². The third-order valence-electron chi connectivity index (χ3n) is 7.14. The molecule has 1 aliphatic carbocycles. The van der Waals surface area contributed by atoms with Crippen LogP contribution in [0, 0.1) is 13.8 Å². The molecule has 0 aliphatic heterocycles. The van der Waals surface area contributed by atoms with E-state index >= 15 is 0 Å². The molecule has 1 saturated carbocycles. The van der Waals surface area contributed by atoms with E-state index in [2.05, 4.69) is 34.5 Å². The van der Waals surface area contributed by atoms with Gasteiger partial charge in [-0.25, -0.2) is 4.79 Å². The van der Waals surface area contributed by atoms with E-state index in [1.807, 2.05) is 26.0 Å². The molecule has 7 nitrogen and oxygen atoms in total. The van der Waals surface area contributed by atoms with Gasteiger partial charge in [0, 0.05) is 30.4 Å². The first-order valence-electron chi connectivity index (χ1n) is 13.7. The van der Waals surface area contributed by atoms with Crippen molar-refractivity contribution in [3.63, 3.8) is 0 Å². The van der Waals surface area contributed by atoms with Crippen molar-refractivity contribution in [3.8, 4) is 17.2 Å². The van der Waals surface area contributed by atoms with Crippen molar-refractivity contribution in [1.82, 2.24) is 4.90 Å². The minimum absolute atomic E-state index is 0.135. The number of carbonyl (C=O) groups excluding carboxylic acids is 2. The van der Waals surface area contributed by atoms with E-state index in [-0.39, 0.29) is 12.4 Å². The van der Waals surface area contributed by atoms with Crippen molar-refractivity contribution in [2.45, 2.75) is 72.0 Å². The van der Waals surface area contributed by atoms with E-state index < -0.39 is 11.9 Å². The third-order valence-corrected chi connectivity index (χ3v) is 7.14. The Labute approximate surface area is 230 Å². The van der Waals surface area contributed by atoms with Gasteiger partial charge in [0.2, 0.25) is 0 Å². The summed E-state index contributed by atoms with van der Waals surface area (Å²) in [5.41, 5.74) is 4.18. The summed E-state index contributed by atoms with van der Waals surface area (Å²) in [5.74, 6) is -0.193. The molecule has 0 atom stereocenters. The van der Waals surface area contributed by atoms with Crippen LogP contribution in [-0.2, 0) is 27.4 Å². The largest absolute Gasteiger partial charge is 0.508 e. The Bertz CT molecular complexity index is 1260. The Morgan fingerprint density at radius 3 is 2.31 bits per heavy atom. The number of hydrogen-bond acceptors (Lipinski definition) is 6. The number of aryl methyl sites for hydroxylation is 2. The molecule has 0 spiro atoms. The van der Waals surface area contributed by atoms with Crippen LogP contribution in [-0.4, -0.2) is 34.5 Å². The second-order valence-electron chi connectivity index (χ2n) is 10.2. The number of aromatic hydroxyl groups is 1. The smallest absolute Gasteiger partial charge is 0.397 e. The van der Waals surface area contributed by atoms with Gasteiger partial charge >= 0.3 is 11.9 Å². The number of amides is 1. The molecular weight excluding hydrogens is 492 g/mol. The molecule has 0 bridgehead atoms. The maximum absolute atomic E-state index is 12.0. The Balaban J connectivity index is 1.52. The van der Waals surface area contributed by atoms with Gasteiger partial charge in [0.15, 0.2) is 0 Å². The van der Waals surface area contributed by atoms with E-state index in [0.717, 1.165) is 23.2 Å². The van der Waals surface area contributed by atoms with Crippen molar-refractivity contribution < 1.29 is 24.2 Å². The molecule has 0 radical (unpaired) electrons. The van der Waals surface area contributed by atoms with Gasteiger partial charge in [-0.15, -0.1) is 0 Å². The van der Waals surface area contributed by atoms with Crippen molar-refractivity contribution >= 4 is 17.6 Å². The van der Waals surface area contributed by atoms with Crippen LogP contribution in [0.15, 0.2) is 60.7 Å². The predicted molar refractivity (Wildman–Crippen MR) is 152 cm³/mol. The lowest BCUT2D eigenvalue weighted by molar-refractivity contribution is -0.152. The average molecular weight is 531 g/mol. The number of ether oxygens (including phenoxy) is 2. The number of nitrogens with one attached hydrogen (secondary N) is 1. The van der Waals surface area contributed by atoms with Crippen LogP contribution in [0.1, 0.15) is 61.3 Å². The third kappa shape index (κ3) is 7.60. The van der Waals surface area contributed by atoms with Crippen molar-refractivity contribution in [2.75, 3.05) is 11.9 Å². The van der Waals surface area contributed by atoms with Gasteiger partial charge in [-0.1, -0.05) is 49.6 Å². The number of esters is 1. The Kier molecular flexibility index (Phi) is 9.60. The summed E-state index contributed by atoms with van der Waals surface area (Å²) in [7, 11) is 0. The first kappa shape index (κ1) is 28.2. The monoisotopic (exact) mass is 530 g/mol. The summed E-state index contributed by atoms with van der Waals surface area (Å²) in [5, 5.41) is 13.3. The van der Waals surface area contributed by atoms with Crippen molar-refractivity contribution in [3.05, 3.63) is 82.9 Å². The number of benzene rings is 3. The summed E-state index contributed by atoms with van der Waals surface area (Å²) in [6.07, 6.45) is 6.09. The first-order chi connectivity index (χ1) is 18.8. The van der Waals surface area contributed by atoms with Crippen LogP contribution in [0.3, 0.4) is 0 Å². The number of phenolic OH excluding ortho intramolecular Hbond substituents is 1. The lowest BCUT2D eigenvalue weighted by Gasteiger charge is -2.34. The first-order valence-corrected chi connectivity index (χ1v) is 13.7. The summed E-state index contributed by atoms with van der Waals surface area (Å²) >= 11 is 0. The zero-order chi connectivity index (χ0) is 27.8. The molecule has 1 fully saturated rings. The van der Waals surface area contributed by atoms with E-state index in [1.54, 1.807) is 31.2 Å². The molecule has 206 valence electrons. The normalized spacial score (nSPS) is 13.7. The predicted octanol–water partition coefficient (Wildman–Crippen LogP) is 6.64. The highest BCUT2D eigenvalue weighted by Gasteiger charge is 2.23. The molecule has 0 heterocycles. The lowest BCUT2D eigenvalue weighted by Crippen LogP contribution is -2.35. The fourth-order valence-electron chi connectivity index (χ4n) is 5.23. The molecule has 4 rings (SSSR count). The standard InChI is InChI=1S/C32H38N2O5/c1-4-38-32(37)31(36)33-26-17-22(2)30(23(3)18-26)39-28-15-16-29(35)25(19-28)21-34(27-13-9-6-10-14-27)20-24-11-7-5-8-12-24/h5,7-8,11-12,15-19,27,35H,4,6,9-10,13-14,20-21H2,1-3H3,(H,33,36). The summed E-state index contributed by atoms with van der Waals surface area (Å²) < 4.78 is 11.1. The molecule has 1 aliphatic rings. The second kappa shape index (κ2) is 13.3. The maximum atomic E-state index is 12.0. The lowest BCUT2D eigenvalue weighted by atomic mass is 9.93. The van der Waals surface area contributed by atoms with Gasteiger partial charge in [-0.2, -0.15) is 0 Å². The van der Waals surface area contributed by atoms with Gasteiger partial charge in [0.25, 0.3) is 0 Å².